The van der Waals surface area contributed by atoms with Crippen LogP contribution in [0.25, 0.3) is 0 Å². The molecule has 0 aliphatic heterocycles. The largest absolute Gasteiger partial charge is 0.496 e. The van der Waals surface area contributed by atoms with E-state index in [1.54, 1.807) is 7.11 Å². The van der Waals surface area contributed by atoms with E-state index in [1.165, 1.54) is 0 Å². The molecule has 15 heavy (non-hydrogen) atoms. The Bertz CT molecular complexity index is 355. The van der Waals surface area contributed by atoms with E-state index >= 15 is 0 Å². The van der Waals surface area contributed by atoms with E-state index in [-0.39, 0.29) is 11.5 Å². The maximum Gasteiger partial charge on any atom is 0.204 e. The monoisotopic (exact) mass is 273 g/mol. The van der Waals surface area contributed by atoms with Gasteiger partial charge in [-0.15, -0.1) is 0 Å². The summed E-state index contributed by atoms with van der Waals surface area (Å²) in [6.07, 6.45) is 1.18. The van der Waals surface area contributed by atoms with Crippen LogP contribution in [0.3, 0.4) is 0 Å². The van der Waals surface area contributed by atoms with Crippen LogP contribution in [0.1, 0.15) is 12.0 Å². The summed E-state index contributed by atoms with van der Waals surface area (Å²) < 4.78 is 6.12. The number of rotatable bonds is 5. The number of nitro groups is 1. The summed E-state index contributed by atoms with van der Waals surface area (Å²) >= 11 is 3.36. The van der Waals surface area contributed by atoms with Crippen molar-refractivity contribution in [2.24, 2.45) is 0 Å². The predicted octanol–water partition coefficient (Wildman–Crippen LogP) is 2.67. The van der Waals surface area contributed by atoms with Gasteiger partial charge in [0.1, 0.15) is 5.75 Å². The average molecular weight is 274 g/mol. The van der Waals surface area contributed by atoms with Gasteiger partial charge in [0.15, 0.2) is 0 Å². The topological polar surface area (TPSA) is 52.4 Å². The van der Waals surface area contributed by atoms with Gasteiger partial charge in [0.05, 0.1) is 7.11 Å². The summed E-state index contributed by atoms with van der Waals surface area (Å²) in [5.41, 5.74) is 0.994. The fourth-order valence-corrected chi connectivity index (χ4v) is 1.75. The molecule has 0 aromatic heterocycles. The fraction of sp³-hybridized carbons (Fsp3) is 0.400. The molecule has 0 unspecified atom stereocenters. The Hall–Kier alpha value is -1.10. The van der Waals surface area contributed by atoms with E-state index in [4.69, 9.17) is 4.74 Å². The highest BCUT2D eigenvalue weighted by molar-refractivity contribution is 9.10. The molecule has 0 aliphatic rings. The zero-order valence-corrected chi connectivity index (χ0v) is 9.99. The van der Waals surface area contributed by atoms with E-state index in [0.717, 1.165) is 15.8 Å². The SMILES string of the molecule is COc1ccc(Br)cc1CCC[N+](=O)[O-]. The van der Waals surface area contributed by atoms with Crippen LogP contribution in [0.2, 0.25) is 0 Å². The van der Waals surface area contributed by atoms with Crippen molar-refractivity contribution >= 4 is 15.9 Å². The Balaban J connectivity index is 2.65. The van der Waals surface area contributed by atoms with Crippen molar-refractivity contribution in [1.82, 2.24) is 0 Å². The molecule has 1 aromatic carbocycles. The van der Waals surface area contributed by atoms with Crippen molar-refractivity contribution < 1.29 is 9.66 Å². The van der Waals surface area contributed by atoms with E-state index < -0.39 is 0 Å². The Labute approximate surface area is 96.5 Å². The number of nitrogens with zero attached hydrogens (tertiary/aromatic N) is 1. The van der Waals surface area contributed by atoms with Crippen LogP contribution in [0.5, 0.6) is 5.75 Å². The summed E-state index contributed by atoms with van der Waals surface area (Å²) in [5, 5.41) is 10.2. The van der Waals surface area contributed by atoms with Gasteiger partial charge in [0, 0.05) is 15.8 Å². The molecule has 0 amide bonds. The lowest BCUT2D eigenvalue weighted by Crippen LogP contribution is -2.02. The zero-order chi connectivity index (χ0) is 11.3. The number of hydrogen-bond donors (Lipinski definition) is 0. The van der Waals surface area contributed by atoms with Gasteiger partial charge >= 0.3 is 0 Å². The highest BCUT2D eigenvalue weighted by Crippen LogP contribution is 2.23. The molecule has 0 saturated heterocycles. The number of halogens is 1. The Morgan fingerprint density at radius 2 is 2.27 bits per heavy atom. The highest BCUT2D eigenvalue weighted by atomic mass is 79.9. The van der Waals surface area contributed by atoms with Gasteiger partial charge in [-0.25, -0.2) is 0 Å². The normalized spacial score (nSPS) is 10.0. The minimum atomic E-state index is -0.301. The molecule has 4 nitrogen and oxygen atoms in total. The summed E-state index contributed by atoms with van der Waals surface area (Å²) in [7, 11) is 1.60. The molecule has 0 fully saturated rings. The third kappa shape index (κ3) is 3.87. The molecule has 1 rings (SSSR count). The third-order valence-corrected chi connectivity index (χ3v) is 2.52. The molecule has 0 aliphatic carbocycles. The first-order valence-corrected chi connectivity index (χ1v) is 5.37. The molecule has 0 heterocycles. The van der Waals surface area contributed by atoms with Crippen LogP contribution in [0.15, 0.2) is 22.7 Å². The minimum absolute atomic E-state index is 0.00430. The van der Waals surface area contributed by atoms with Crippen LogP contribution in [-0.4, -0.2) is 18.6 Å². The number of methoxy groups -OCH3 is 1. The van der Waals surface area contributed by atoms with E-state index in [9.17, 15) is 10.1 Å². The second-order valence-corrected chi connectivity index (χ2v) is 4.03. The molecule has 0 N–H and O–H groups in total. The van der Waals surface area contributed by atoms with E-state index in [2.05, 4.69) is 15.9 Å². The number of hydrogen-bond acceptors (Lipinski definition) is 3. The van der Waals surface area contributed by atoms with Crippen LogP contribution in [-0.2, 0) is 6.42 Å². The second kappa shape index (κ2) is 5.70. The number of ether oxygens (including phenoxy) is 1. The van der Waals surface area contributed by atoms with Crippen LogP contribution >= 0.6 is 15.9 Å². The van der Waals surface area contributed by atoms with Gasteiger partial charge in [-0.05, 0) is 30.2 Å². The highest BCUT2D eigenvalue weighted by Gasteiger charge is 2.05. The van der Waals surface area contributed by atoms with E-state index in [1.807, 2.05) is 18.2 Å². The van der Waals surface area contributed by atoms with Gasteiger partial charge in [-0.3, -0.25) is 10.1 Å². The summed E-state index contributed by atoms with van der Waals surface area (Å²) in [5.74, 6) is 0.779. The minimum Gasteiger partial charge on any atom is -0.496 e. The molecular weight excluding hydrogens is 262 g/mol. The summed E-state index contributed by atoms with van der Waals surface area (Å²) in [4.78, 5) is 9.87. The third-order valence-electron chi connectivity index (χ3n) is 2.03. The molecule has 1 aromatic rings. The van der Waals surface area contributed by atoms with Gasteiger partial charge in [0.25, 0.3) is 0 Å². The zero-order valence-electron chi connectivity index (χ0n) is 8.40. The smallest absolute Gasteiger partial charge is 0.204 e. The lowest BCUT2D eigenvalue weighted by molar-refractivity contribution is -0.480. The van der Waals surface area contributed by atoms with Crippen LogP contribution in [0.4, 0.5) is 0 Å². The van der Waals surface area contributed by atoms with Gasteiger partial charge in [-0.1, -0.05) is 15.9 Å². The lowest BCUT2D eigenvalue weighted by atomic mass is 10.1. The molecule has 5 heteroatoms. The fourth-order valence-electron chi connectivity index (χ4n) is 1.34. The molecule has 0 radical (unpaired) electrons. The first-order valence-electron chi connectivity index (χ1n) is 4.57. The van der Waals surface area contributed by atoms with Crippen molar-refractivity contribution in [3.63, 3.8) is 0 Å². The second-order valence-electron chi connectivity index (χ2n) is 3.12. The first kappa shape index (κ1) is 12.0. The quantitative estimate of drug-likeness (QED) is 0.612. The molecular formula is C10H12BrNO3. The van der Waals surface area contributed by atoms with Crippen LogP contribution in [0, 0.1) is 10.1 Å². The molecule has 0 atom stereocenters. The Kier molecular flexibility index (Phi) is 4.55. The van der Waals surface area contributed by atoms with E-state index in [0.29, 0.717) is 12.8 Å². The molecule has 0 saturated carbocycles. The van der Waals surface area contributed by atoms with Gasteiger partial charge in [0.2, 0.25) is 6.54 Å². The molecule has 82 valence electrons. The number of benzene rings is 1. The predicted molar refractivity (Wildman–Crippen MR) is 60.9 cm³/mol. The molecule has 0 bridgehead atoms. The number of aryl methyl sites for hydroxylation is 1. The van der Waals surface area contributed by atoms with Crippen molar-refractivity contribution in [1.29, 1.82) is 0 Å². The maximum atomic E-state index is 10.2. The van der Waals surface area contributed by atoms with Crippen LogP contribution < -0.4 is 4.74 Å². The first-order chi connectivity index (χ1) is 7.13. The van der Waals surface area contributed by atoms with Crippen molar-refractivity contribution in [3.8, 4) is 5.75 Å². The van der Waals surface area contributed by atoms with Crippen molar-refractivity contribution in [2.45, 2.75) is 12.8 Å². The van der Waals surface area contributed by atoms with Crippen molar-refractivity contribution in [2.75, 3.05) is 13.7 Å². The standard InChI is InChI=1S/C10H12BrNO3/c1-15-10-5-4-9(11)7-8(10)3-2-6-12(13)14/h4-5,7H,2-3,6H2,1H3. The lowest BCUT2D eigenvalue weighted by Gasteiger charge is -2.07. The summed E-state index contributed by atoms with van der Waals surface area (Å²) in [6.45, 7) is -0.00430. The maximum absolute atomic E-state index is 10.2. The Morgan fingerprint density at radius 1 is 1.53 bits per heavy atom. The molecule has 0 spiro atoms. The van der Waals surface area contributed by atoms with Gasteiger partial charge in [-0.2, -0.15) is 0 Å². The van der Waals surface area contributed by atoms with Crippen molar-refractivity contribution in [3.05, 3.63) is 38.3 Å². The summed E-state index contributed by atoms with van der Waals surface area (Å²) in [6, 6.07) is 5.67. The van der Waals surface area contributed by atoms with Gasteiger partial charge < -0.3 is 4.74 Å². The average Bonchev–Trinajstić information content (AvgIpc) is 2.17. The Morgan fingerprint density at radius 3 is 2.87 bits per heavy atom.